The monoisotopic (exact) mass is 338 g/mol. The molecule has 0 N–H and O–H groups in total. The number of hydrogen-bond acceptors (Lipinski definition) is 5. The van der Waals surface area contributed by atoms with Crippen LogP contribution in [0, 0.1) is 5.41 Å². The Morgan fingerprint density at radius 3 is 2.36 bits per heavy atom. The molecule has 0 aliphatic carbocycles. The van der Waals surface area contributed by atoms with Crippen molar-refractivity contribution in [2.45, 2.75) is 25.8 Å². The van der Waals surface area contributed by atoms with Crippen molar-refractivity contribution in [1.82, 2.24) is 14.9 Å². The quantitative estimate of drug-likeness (QED) is 0.857. The van der Waals surface area contributed by atoms with E-state index in [9.17, 15) is 0 Å². The van der Waals surface area contributed by atoms with Gasteiger partial charge in [-0.05, 0) is 55.0 Å². The summed E-state index contributed by atoms with van der Waals surface area (Å²) < 4.78 is 5.25. The molecule has 5 heteroatoms. The van der Waals surface area contributed by atoms with Crippen LogP contribution in [-0.4, -0.2) is 48.2 Å². The number of nitrogens with zero attached hydrogens (tertiary/aromatic N) is 4. The van der Waals surface area contributed by atoms with Gasteiger partial charge in [0.25, 0.3) is 0 Å². The molecule has 4 rings (SSSR count). The number of piperidine rings is 1. The number of aromatic nitrogens is 2. The van der Waals surface area contributed by atoms with Gasteiger partial charge in [0, 0.05) is 38.6 Å². The largest absolute Gasteiger partial charge is 0.497 e. The molecule has 2 aliphatic heterocycles. The summed E-state index contributed by atoms with van der Waals surface area (Å²) in [6.45, 7) is 5.59. The van der Waals surface area contributed by atoms with Crippen molar-refractivity contribution in [1.29, 1.82) is 0 Å². The first kappa shape index (κ1) is 16.3. The zero-order chi connectivity index (χ0) is 17.1. The third kappa shape index (κ3) is 3.61. The molecule has 25 heavy (non-hydrogen) atoms. The molecule has 2 saturated heterocycles. The van der Waals surface area contributed by atoms with Gasteiger partial charge >= 0.3 is 0 Å². The average molecular weight is 338 g/mol. The summed E-state index contributed by atoms with van der Waals surface area (Å²) >= 11 is 0. The van der Waals surface area contributed by atoms with Gasteiger partial charge in [0.1, 0.15) is 5.75 Å². The van der Waals surface area contributed by atoms with E-state index >= 15 is 0 Å². The highest BCUT2D eigenvalue weighted by Crippen LogP contribution is 2.41. The van der Waals surface area contributed by atoms with Crippen LogP contribution in [0.1, 0.15) is 24.8 Å². The van der Waals surface area contributed by atoms with E-state index in [1.807, 2.05) is 18.5 Å². The highest BCUT2D eigenvalue weighted by atomic mass is 16.5. The van der Waals surface area contributed by atoms with Gasteiger partial charge in [-0.15, -0.1) is 0 Å². The molecular weight excluding hydrogens is 312 g/mol. The molecule has 0 amide bonds. The second-order valence-corrected chi connectivity index (χ2v) is 7.34. The van der Waals surface area contributed by atoms with E-state index in [2.05, 4.69) is 44.0 Å². The Morgan fingerprint density at radius 2 is 1.68 bits per heavy atom. The van der Waals surface area contributed by atoms with Crippen LogP contribution >= 0.6 is 0 Å². The molecule has 1 spiro atoms. The van der Waals surface area contributed by atoms with Crippen molar-refractivity contribution in [3.8, 4) is 5.75 Å². The van der Waals surface area contributed by atoms with Crippen molar-refractivity contribution in [3.05, 3.63) is 48.3 Å². The highest BCUT2D eigenvalue weighted by molar-refractivity contribution is 5.30. The summed E-state index contributed by atoms with van der Waals surface area (Å²) in [6, 6.07) is 10.3. The lowest BCUT2D eigenvalue weighted by molar-refractivity contribution is 0.205. The zero-order valence-corrected chi connectivity index (χ0v) is 14.9. The number of hydrogen-bond donors (Lipinski definition) is 0. The first-order valence-corrected chi connectivity index (χ1v) is 9.14. The minimum Gasteiger partial charge on any atom is -0.497 e. The minimum absolute atomic E-state index is 0.484. The van der Waals surface area contributed by atoms with E-state index < -0.39 is 0 Å². The lowest BCUT2D eigenvalue weighted by atomic mass is 9.78. The number of rotatable bonds is 4. The molecule has 1 aromatic carbocycles. The number of ether oxygens (including phenoxy) is 1. The Balaban J connectivity index is 1.33. The molecule has 5 nitrogen and oxygen atoms in total. The van der Waals surface area contributed by atoms with Gasteiger partial charge in [-0.2, -0.15) is 0 Å². The Hall–Kier alpha value is -2.14. The first-order chi connectivity index (χ1) is 12.3. The van der Waals surface area contributed by atoms with Gasteiger partial charge in [-0.1, -0.05) is 12.1 Å². The van der Waals surface area contributed by atoms with Crippen LogP contribution in [0.15, 0.2) is 42.7 Å². The van der Waals surface area contributed by atoms with Crippen LogP contribution in [0.4, 0.5) is 5.95 Å². The number of benzene rings is 1. The smallest absolute Gasteiger partial charge is 0.225 e. The van der Waals surface area contributed by atoms with Crippen LogP contribution in [0.3, 0.4) is 0 Å². The summed E-state index contributed by atoms with van der Waals surface area (Å²) in [5.41, 5.74) is 1.85. The molecule has 2 aliphatic rings. The maximum Gasteiger partial charge on any atom is 0.225 e. The van der Waals surface area contributed by atoms with E-state index in [0.29, 0.717) is 5.41 Å². The molecule has 0 saturated carbocycles. The normalized spacial score (nSPS) is 20.1. The number of methoxy groups -OCH3 is 1. The number of likely N-dealkylation sites (tertiary alicyclic amines) is 1. The lowest BCUT2D eigenvalue weighted by Crippen LogP contribution is -2.42. The Kier molecular flexibility index (Phi) is 4.57. The third-order valence-corrected chi connectivity index (χ3v) is 5.74. The molecule has 0 unspecified atom stereocenters. The molecular formula is C20H26N4O. The van der Waals surface area contributed by atoms with Crippen molar-refractivity contribution in [2.75, 3.05) is 38.2 Å². The second kappa shape index (κ2) is 7.00. The molecule has 0 radical (unpaired) electrons. The van der Waals surface area contributed by atoms with Gasteiger partial charge in [-0.3, -0.25) is 4.90 Å². The molecule has 1 aromatic heterocycles. The summed E-state index contributed by atoms with van der Waals surface area (Å²) in [5, 5.41) is 0. The zero-order valence-electron chi connectivity index (χ0n) is 14.9. The van der Waals surface area contributed by atoms with Gasteiger partial charge in [0.2, 0.25) is 5.95 Å². The molecule has 3 heterocycles. The maximum absolute atomic E-state index is 5.25. The predicted molar refractivity (Wildman–Crippen MR) is 98.8 cm³/mol. The van der Waals surface area contributed by atoms with E-state index in [1.54, 1.807) is 7.11 Å². The topological polar surface area (TPSA) is 41.5 Å². The summed E-state index contributed by atoms with van der Waals surface area (Å²) in [5.74, 6) is 1.81. The van der Waals surface area contributed by atoms with E-state index in [0.717, 1.165) is 31.3 Å². The fourth-order valence-electron chi connectivity index (χ4n) is 4.20. The van der Waals surface area contributed by atoms with Gasteiger partial charge in [-0.25, -0.2) is 9.97 Å². The van der Waals surface area contributed by atoms with Crippen LogP contribution in [-0.2, 0) is 6.54 Å². The third-order valence-electron chi connectivity index (χ3n) is 5.74. The van der Waals surface area contributed by atoms with Crippen molar-refractivity contribution < 1.29 is 4.74 Å². The van der Waals surface area contributed by atoms with Crippen LogP contribution in [0.2, 0.25) is 0 Å². The van der Waals surface area contributed by atoms with Gasteiger partial charge in [0.05, 0.1) is 7.11 Å². The molecule has 2 fully saturated rings. The summed E-state index contributed by atoms with van der Waals surface area (Å²) in [4.78, 5) is 13.7. The van der Waals surface area contributed by atoms with E-state index in [-0.39, 0.29) is 0 Å². The van der Waals surface area contributed by atoms with Crippen LogP contribution < -0.4 is 9.64 Å². The van der Waals surface area contributed by atoms with Crippen LogP contribution in [0.5, 0.6) is 5.75 Å². The van der Waals surface area contributed by atoms with Crippen molar-refractivity contribution >= 4 is 5.95 Å². The van der Waals surface area contributed by atoms with E-state index in [4.69, 9.17) is 4.74 Å². The van der Waals surface area contributed by atoms with Crippen molar-refractivity contribution in [2.24, 2.45) is 5.41 Å². The molecule has 0 bridgehead atoms. The Labute approximate surface area is 149 Å². The second-order valence-electron chi connectivity index (χ2n) is 7.34. The molecule has 2 aromatic rings. The van der Waals surface area contributed by atoms with Gasteiger partial charge in [0.15, 0.2) is 0 Å². The Bertz CT molecular complexity index is 681. The molecule has 132 valence electrons. The highest BCUT2D eigenvalue weighted by Gasteiger charge is 2.40. The lowest BCUT2D eigenvalue weighted by Gasteiger charge is -2.39. The summed E-state index contributed by atoms with van der Waals surface area (Å²) in [7, 11) is 1.71. The SMILES string of the molecule is COc1ccc(CN2CCC3(CCN(c4ncccn4)CC3)C2)cc1. The minimum atomic E-state index is 0.484. The predicted octanol–water partition coefficient (Wildman–Crippen LogP) is 2.98. The first-order valence-electron chi connectivity index (χ1n) is 9.14. The Morgan fingerprint density at radius 1 is 1.00 bits per heavy atom. The fraction of sp³-hybridized carbons (Fsp3) is 0.500. The molecule has 0 atom stereocenters. The van der Waals surface area contributed by atoms with E-state index in [1.165, 1.54) is 37.9 Å². The standard InChI is InChI=1S/C20H26N4O/c1-25-18-5-3-17(4-6-18)15-23-12-7-20(16-23)8-13-24(14-9-20)19-21-10-2-11-22-19/h2-6,10-11H,7-9,12-16H2,1H3. The van der Waals surface area contributed by atoms with Gasteiger partial charge < -0.3 is 9.64 Å². The fourth-order valence-corrected chi connectivity index (χ4v) is 4.20. The number of anilines is 1. The average Bonchev–Trinajstić information content (AvgIpc) is 3.06. The van der Waals surface area contributed by atoms with Crippen molar-refractivity contribution in [3.63, 3.8) is 0 Å². The van der Waals surface area contributed by atoms with Crippen LogP contribution in [0.25, 0.3) is 0 Å². The maximum atomic E-state index is 5.25. The summed E-state index contributed by atoms with van der Waals surface area (Å²) in [6.07, 6.45) is 7.46.